The van der Waals surface area contributed by atoms with Crippen molar-refractivity contribution in [2.75, 3.05) is 25.9 Å². The number of rotatable bonds is 8. The lowest BCUT2D eigenvalue weighted by Gasteiger charge is -2.13. The van der Waals surface area contributed by atoms with Gasteiger partial charge in [-0.1, -0.05) is 42.5 Å². The van der Waals surface area contributed by atoms with Gasteiger partial charge in [0.25, 0.3) is 0 Å². The Hall–Kier alpha value is -3.03. The maximum atomic E-state index is 12.0. The van der Waals surface area contributed by atoms with Crippen molar-refractivity contribution in [1.29, 1.82) is 0 Å². The standard InChI is InChI=1S/C27H30N4O2S/c1-34(32,33)24-9-4-8-23(20-24)25-10-5-11-27-28-26(29-31(25)27)19-22-14-12-21(13-15-22)7-6-18-30-16-2-3-17-30/h4-5,8-15,20H,2-3,6-7,16-19H2,1H3. The summed E-state index contributed by atoms with van der Waals surface area (Å²) in [7, 11) is -3.28. The highest BCUT2D eigenvalue weighted by Crippen LogP contribution is 2.23. The number of likely N-dealkylation sites (tertiary alicyclic amines) is 1. The van der Waals surface area contributed by atoms with Crippen molar-refractivity contribution in [2.24, 2.45) is 0 Å². The molecule has 0 atom stereocenters. The van der Waals surface area contributed by atoms with Crippen molar-refractivity contribution < 1.29 is 8.42 Å². The number of nitrogens with zero attached hydrogens (tertiary/aromatic N) is 4. The highest BCUT2D eigenvalue weighted by atomic mass is 32.2. The fraction of sp³-hybridized carbons (Fsp3) is 0.333. The summed E-state index contributed by atoms with van der Waals surface area (Å²) in [5.74, 6) is 0.744. The summed E-state index contributed by atoms with van der Waals surface area (Å²) in [6, 6.07) is 21.5. The number of pyridine rings is 1. The first-order valence-corrected chi connectivity index (χ1v) is 13.8. The van der Waals surface area contributed by atoms with Gasteiger partial charge in [0, 0.05) is 18.2 Å². The van der Waals surface area contributed by atoms with Crippen LogP contribution in [0.3, 0.4) is 0 Å². The second-order valence-corrected chi connectivity index (χ2v) is 11.2. The Morgan fingerprint density at radius 3 is 2.41 bits per heavy atom. The van der Waals surface area contributed by atoms with Gasteiger partial charge in [-0.05, 0) is 80.7 Å². The van der Waals surface area contributed by atoms with E-state index in [1.54, 1.807) is 22.7 Å². The van der Waals surface area contributed by atoms with E-state index in [0.717, 1.165) is 29.1 Å². The lowest BCUT2D eigenvalue weighted by molar-refractivity contribution is 0.334. The quantitative estimate of drug-likeness (QED) is 0.378. The number of aryl methyl sites for hydroxylation is 1. The van der Waals surface area contributed by atoms with E-state index >= 15 is 0 Å². The molecule has 0 saturated carbocycles. The van der Waals surface area contributed by atoms with Crippen LogP contribution in [0.5, 0.6) is 0 Å². The van der Waals surface area contributed by atoms with Gasteiger partial charge in [-0.2, -0.15) is 5.10 Å². The van der Waals surface area contributed by atoms with Crippen LogP contribution in [-0.4, -0.2) is 53.8 Å². The molecule has 4 aromatic rings. The summed E-state index contributed by atoms with van der Waals surface area (Å²) < 4.78 is 25.8. The van der Waals surface area contributed by atoms with Crippen LogP contribution in [0, 0.1) is 0 Å². The average Bonchev–Trinajstić information content (AvgIpc) is 3.49. The molecule has 0 unspecified atom stereocenters. The predicted molar refractivity (Wildman–Crippen MR) is 135 cm³/mol. The molecule has 176 valence electrons. The van der Waals surface area contributed by atoms with Gasteiger partial charge in [-0.3, -0.25) is 0 Å². The van der Waals surface area contributed by atoms with E-state index in [0.29, 0.717) is 11.3 Å². The zero-order valence-electron chi connectivity index (χ0n) is 19.5. The van der Waals surface area contributed by atoms with Gasteiger partial charge >= 0.3 is 0 Å². The minimum Gasteiger partial charge on any atom is -0.303 e. The fourth-order valence-corrected chi connectivity index (χ4v) is 5.32. The SMILES string of the molecule is CS(=O)(=O)c1cccc(-c2cccc3nc(Cc4ccc(CCCN5CCCC5)cc4)nn23)c1. The average molecular weight is 475 g/mol. The smallest absolute Gasteiger partial charge is 0.175 e. The maximum absolute atomic E-state index is 12.0. The lowest BCUT2D eigenvalue weighted by atomic mass is 10.1. The number of hydrogen-bond acceptors (Lipinski definition) is 5. The van der Waals surface area contributed by atoms with Gasteiger partial charge in [0.1, 0.15) is 0 Å². The predicted octanol–water partition coefficient (Wildman–Crippen LogP) is 4.42. The first kappa shape index (κ1) is 22.7. The number of sulfone groups is 1. The van der Waals surface area contributed by atoms with Crippen molar-refractivity contribution in [3.05, 3.63) is 83.7 Å². The molecule has 0 amide bonds. The molecule has 3 heterocycles. The van der Waals surface area contributed by atoms with Gasteiger partial charge in [-0.25, -0.2) is 17.9 Å². The van der Waals surface area contributed by atoms with Crippen molar-refractivity contribution in [1.82, 2.24) is 19.5 Å². The topological polar surface area (TPSA) is 67.6 Å². The molecule has 2 aromatic carbocycles. The van der Waals surface area contributed by atoms with Gasteiger partial charge in [0.15, 0.2) is 21.3 Å². The largest absolute Gasteiger partial charge is 0.303 e. The van der Waals surface area contributed by atoms with E-state index < -0.39 is 9.84 Å². The molecule has 1 fully saturated rings. The molecule has 0 aliphatic carbocycles. The van der Waals surface area contributed by atoms with E-state index in [1.165, 1.54) is 56.3 Å². The zero-order valence-corrected chi connectivity index (χ0v) is 20.3. The Morgan fingerprint density at radius 2 is 1.65 bits per heavy atom. The number of aromatic nitrogens is 3. The van der Waals surface area contributed by atoms with Crippen LogP contribution in [-0.2, 0) is 22.7 Å². The van der Waals surface area contributed by atoms with Crippen LogP contribution in [0.4, 0.5) is 0 Å². The normalized spacial score (nSPS) is 14.7. The summed E-state index contributed by atoms with van der Waals surface area (Å²) in [4.78, 5) is 7.57. The molecule has 1 aliphatic heterocycles. The van der Waals surface area contributed by atoms with Gasteiger partial charge in [0.05, 0.1) is 10.6 Å². The van der Waals surface area contributed by atoms with E-state index in [9.17, 15) is 8.42 Å². The molecule has 34 heavy (non-hydrogen) atoms. The molecule has 0 radical (unpaired) electrons. The van der Waals surface area contributed by atoms with Gasteiger partial charge < -0.3 is 4.90 Å². The second-order valence-electron chi connectivity index (χ2n) is 9.15. The highest BCUT2D eigenvalue weighted by Gasteiger charge is 2.13. The van der Waals surface area contributed by atoms with Crippen LogP contribution >= 0.6 is 0 Å². The third kappa shape index (κ3) is 5.21. The van der Waals surface area contributed by atoms with Crippen molar-refractivity contribution in [2.45, 2.75) is 37.0 Å². The molecule has 6 nitrogen and oxygen atoms in total. The van der Waals surface area contributed by atoms with E-state index in [1.807, 2.05) is 24.3 Å². The fourth-order valence-electron chi connectivity index (χ4n) is 4.65. The Kier molecular flexibility index (Phi) is 6.48. The minimum atomic E-state index is -3.28. The lowest BCUT2D eigenvalue weighted by Crippen LogP contribution is -2.20. The van der Waals surface area contributed by atoms with Crippen molar-refractivity contribution in [3.8, 4) is 11.3 Å². The number of benzene rings is 2. The zero-order chi connectivity index (χ0) is 23.5. The Morgan fingerprint density at radius 1 is 0.912 bits per heavy atom. The van der Waals surface area contributed by atoms with Crippen molar-refractivity contribution in [3.63, 3.8) is 0 Å². The summed E-state index contributed by atoms with van der Waals surface area (Å²) in [5, 5.41) is 4.74. The van der Waals surface area contributed by atoms with E-state index in [-0.39, 0.29) is 0 Å². The monoisotopic (exact) mass is 474 g/mol. The number of hydrogen-bond donors (Lipinski definition) is 0. The van der Waals surface area contributed by atoms with E-state index in [2.05, 4.69) is 29.2 Å². The van der Waals surface area contributed by atoms with Crippen molar-refractivity contribution >= 4 is 15.5 Å². The van der Waals surface area contributed by atoms with Crippen LogP contribution < -0.4 is 0 Å². The Bertz CT molecular complexity index is 1390. The maximum Gasteiger partial charge on any atom is 0.175 e. The molecule has 0 N–H and O–H groups in total. The molecule has 0 bridgehead atoms. The highest BCUT2D eigenvalue weighted by molar-refractivity contribution is 7.90. The van der Waals surface area contributed by atoms with Gasteiger partial charge in [0.2, 0.25) is 0 Å². The van der Waals surface area contributed by atoms with Crippen LogP contribution in [0.1, 0.15) is 36.2 Å². The first-order chi connectivity index (χ1) is 16.5. The molecule has 7 heteroatoms. The third-order valence-electron chi connectivity index (χ3n) is 6.49. The molecule has 0 spiro atoms. The Labute approximate surface area is 201 Å². The molecule has 2 aromatic heterocycles. The third-order valence-corrected chi connectivity index (χ3v) is 7.60. The molecular weight excluding hydrogens is 444 g/mol. The van der Waals surface area contributed by atoms with E-state index in [4.69, 9.17) is 10.1 Å². The summed E-state index contributed by atoms with van der Waals surface area (Å²) in [6.45, 7) is 3.72. The summed E-state index contributed by atoms with van der Waals surface area (Å²) in [6.07, 6.45) is 6.88. The van der Waals surface area contributed by atoms with Crippen LogP contribution in [0.15, 0.2) is 71.6 Å². The summed E-state index contributed by atoms with van der Waals surface area (Å²) in [5.41, 5.74) is 4.91. The summed E-state index contributed by atoms with van der Waals surface area (Å²) >= 11 is 0. The van der Waals surface area contributed by atoms with Gasteiger partial charge in [-0.15, -0.1) is 0 Å². The minimum absolute atomic E-state index is 0.294. The molecule has 1 saturated heterocycles. The molecule has 5 rings (SSSR count). The number of fused-ring (bicyclic) bond motifs is 1. The molecular formula is C27H30N4O2S. The van der Waals surface area contributed by atoms with Crippen LogP contribution in [0.25, 0.3) is 16.9 Å². The molecule has 1 aliphatic rings. The second kappa shape index (κ2) is 9.68. The van der Waals surface area contributed by atoms with Crippen LogP contribution in [0.2, 0.25) is 0 Å². The Balaban J connectivity index is 1.31. The first-order valence-electron chi connectivity index (χ1n) is 11.9.